The molecule has 1 aromatic rings. The van der Waals surface area contributed by atoms with Crippen LogP contribution in [0.2, 0.25) is 0 Å². The van der Waals surface area contributed by atoms with Crippen molar-refractivity contribution >= 4 is 5.82 Å². The lowest BCUT2D eigenvalue weighted by molar-refractivity contribution is 0.732. The van der Waals surface area contributed by atoms with Gasteiger partial charge in [0, 0.05) is 19.2 Å². The first kappa shape index (κ1) is 10.0. The van der Waals surface area contributed by atoms with Crippen LogP contribution in [0.4, 0.5) is 5.82 Å². The molecule has 1 heterocycles. The van der Waals surface area contributed by atoms with Gasteiger partial charge in [0.2, 0.25) is 0 Å². The van der Waals surface area contributed by atoms with Gasteiger partial charge in [0.1, 0.15) is 5.82 Å². The molecule has 0 aromatic carbocycles. The minimum absolute atomic E-state index is 0.278. The van der Waals surface area contributed by atoms with E-state index in [2.05, 4.69) is 10.3 Å². The third-order valence-corrected chi connectivity index (χ3v) is 2.86. The predicted octanol–water partition coefficient (Wildman–Crippen LogP) is 0.428. The van der Waals surface area contributed by atoms with Crippen molar-refractivity contribution in [3.63, 3.8) is 0 Å². The van der Waals surface area contributed by atoms with Gasteiger partial charge in [-0.15, -0.1) is 0 Å². The average molecular weight is 209 g/mol. The van der Waals surface area contributed by atoms with Gasteiger partial charge in [-0.25, -0.2) is 4.79 Å². The van der Waals surface area contributed by atoms with Crippen molar-refractivity contribution in [2.24, 2.45) is 7.05 Å². The van der Waals surface area contributed by atoms with E-state index in [0.717, 1.165) is 17.4 Å². The van der Waals surface area contributed by atoms with Gasteiger partial charge in [0.05, 0.1) is 0 Å². The van der Waals surface area contributed by atoms with Gasteiger partial charge in [-0.3, -0.25) is 14.3 Å². The number of anilines is 1. The molecule has 82 valence electrons. The summed E-state index contributed by atoms with van der Waals surface area (Å²) in [7, 11) is 1.46. The maximum absolute atomic E-state index is 11.3. The first-order valence-corrected chi connectivity index (χ1v) is 5.24. The fourth-order valence-electron chi connectivity index (χ4n) is 1.92. The number of aromatic nitrogens is 2. The summed E-state index contributed by atoms with van der Waals surface area (Å²) in [5.74, 6) is 0.537. The van der Waals surface area contributed by atoms with E-state index in [1.165, 1.54) is 26.0 Å². The maximum Gasteiger partial charge on any atom is 0.329 e. The highest BCUT2D eigenvalue weighted by molar-refractivity contribution is 5.33. The highest BCUT2D eigenvalue weighted by Gasteiger charge is 2.15. The maximum atomic E-state index is 11.3. The van der Waals surface area contributed by atoms with Crippen LogP contribution >= 0.6 is 0 Å². The molecule has 5 heteroatoms. The lowest BCUT2D eigenvalue weighted by atomic mass is 10.2. The van der Waals surface area contributed by atoms with Crippen LogP contribution in [0.15, 0.2) is 15.7 Å². The number of rotatable bonds is 2. The lowest BCUT2D eigenvalue weighted by Gasteiger charge is -2.12. The van der Waals surface area contributed by atoms with Crippen molar-refractivity contribution in [1.82, 2.24) is 9.55 Å². The lowest BCUT2D eigenvalue weighted by Crippen LogP contribution is -2.33. The molecule has 0 spiro atoms. The van der Waals surface area contributed by atoms with Crippen LogP contribution in [0.3, 0.4) is 0 Å². The van der Waals surface area contributed by atoms with Crippen LogP contribution in [0, 0.1) is 0 Å². The summed E-state index contributed by atoms with van der Waals surface area (Å²) < 4.78 is 1.06. The zero-order chi connectivity index (χ0) is 10.8. The largest absolute Gasteiger partial charge is 0.369 e. The fraction of sp³-hybridized carbons (Fsp3) is 0.600. The quantitative estimate of drug-likeness (QED) is 0.742. The van der Waals surface area contributed by atoms with Crippen molar-refractivity contribution in [2.45, 2.75) is 31.7 Å². The Labute approximate surface area is 87.1 Å². The van der Waals surface area contributed by atoms with Crippen molar-refractivity contribution in [3.05, 3.63) is 26.9 Å². The van der Waals surface area contributed by atoms with E-state index in [1.807, 2.05) is 0 Å². The topological polar surface area (TPSA) is 66.9 Å². The van der Waals surface area contributed by atoms with Gasteiger partial charge in [0.25, 0.3) is 5.56 Å². The van der Waals surface area contributed by atoms with E-state index < -0.39 is 0 Å². The second-order valence-corrected chi connectivity index (χ2v) is 4.01. The summed E-state index contributed by atoms with van der Waals surface area (Å²) in [5, 5.41) is 3.18. The summed E-state index contributed by atoms with van der Waals surface area (Å²) in [6.07, 6.45) is 4.65. The first-order valence-electron chi connectivity index (χ1n) is 5.24. The van der Waals surface area contributed by atoms with E-state index in [1.54, 1.807) is 0 Å². The number of H-pyrrole nitrogens is 1. The number of aromatic amines is 1. The summed E-state index contributed by atoms with van der Waals surface area (Å²) in [6, 6.07) is 1.83. The summed E-state index contributed by atoms with van der Waals surface area (Å²) >= 11 is 0. The molecular formula is C10H15N3O2. The van der Waals surface area contributed by atoms with Gasteiger partial charge in [-0.05, 0) is 12.8 Å². The van der Waals surface area contributed by atoms with E-state index >= 15 is 0 Å². The fourth-order valence-corrected chi connectivity index (χ4v) is 1.92. The third-order valence-electron chi connectivity index (χ3n) is 2.86. The monoisotopic (exact) mass is 209 g/mol. The Bertz CT molecular complexity index is 423. The molecule has 1 aromatic heterocycles. The molecule has 0 saturated heterocycles. The number of nitrogens with zero attached hydrogens (tertiary/aromatic N) is 1. The zero-order valence-electron chi connectivity index (χ0n) is 8.75. The van der Waals surface area contributed by atoms with Gasteiger partial charge >= 0.3 is 5.69 Å². The van der Waals surface area contributed by atoms with Crippen LogP contribution in [0.25, 0.3) is 0 Å². The summed E-state index contributed by atoms with van der Waals surface area (Å²) in [5.41, 5.74) is -0.651. The van der Waals surface area contributed by atoms with Crippen LogP contribution in [-0.4, -0.2) is 15.6 Å². The molecule has 0 radical (unpaired) electrons. The number of hydrogen-bond donors (Lipinski definition) is 2. The summed E-state index contributed by atoms with van der Waals surface area (Å²) in [4.78, 5) is 25.3. The first-order chi connectivity index (χ1) is 7.16. The highest BCUT2D eigenvalue weighted by atomic mass is 16.2. The molecular weight excluding hydrogens is 194 g/mol. The average Bonchev–Trinajstić information content (AvgIpc) is 2.66. The molecule has 0 unspecified atom stereocenters. The van der Waals surface area contributed by atoms with E-state index in [9.17, 15) is 9.59 Å². The number of hydrogen-bond acceptors (Lipinski definition) is 3. The van der Waals surface area contributed by atoms with Crippen molar-refractivity contribution in [1.29, 1.82) is 0 Å². The highest BCUT2D eigenvalue weighted by Crippen LogP contribution is 2.20. The molecule has 1 saturated carbocycles. The molecule has 2 N–H and O–H groups in total. The van der Waals surface area contributed by atoms with E-state index in [4.69, 9.17) is 0 Å². The Hall–Kier alpha value is -1.52. The Morgan fingerprint density at radius 2 is 2.07 bits per heavy atom. The minimum atomic E-state index is -0.372. The predicted molar refractivity (Wildman–Crippen MR) is 58.2 cm³/mol. The molecule has 0 amide bonds. The Kier molecular flexibility index (Phi) is 2.62. The van der Waals surface area contributed by atoms with Crippen LogP contribution in [-0.2, 0) is 7.05 Å². The molecule has 0 bridgehead atoms. The van der Waals surface area contributed by atoms with Crippen molar-refractivity contribution in [2.75, 3.05) is 5.32 Å². The van der Waals surface area contributed by atoms with E-state index in [0.29, 0.717) is 11.9 Å². The molecule has 2 rings (SSSR count). The van der Waals surface area contributed by atoms with Gasteiger partial charge < -0.3 is 5.32 Å². The Balaban J connectivity index is 2.22. The second-order valence-electron chi connectivity index (χ2n) is 4.01. The molecule has 1 fully saturated rings. The smallest absolute Gasteiger partial charge is 0.329 e. The van der Waals surface area contributed by atoms with Crippen LogP contribution < -0.4 is 16.6 Å². The SMILES string of the molecule is Cn1c(=O)cc(NC2CCCC2)[nH]c1=O. The Morgan fingerprint density at radius 1 is 1.40 bits per heavy atom. The second kappa shape index (κ2) is 3.92. The Morgan fingerprint density at radius 3 is 2.67 bits per heavy atom. The van der Waals surface area contributed by atoms with Crippen molar-refractivity contribution in [3.8, 4) is 0 Å². The van der Waals surface area contributed by atoms with Gasteiger partial charge in [-0.2, -0.15) is 0 Å². The third kappa shape index (κ3) is 2.11. The zero-order valence-corrected chi connectivity index (χ0v) is 8.75. The van der Waals surface area contributed by atoms with Crippen LogP contribution in [0.5, 0.6) is 0 Å². The molecule has 0 aliphatic heterocycles. The van der Waals surface area contributed by atoms with Gasteiger partial charge in [-0.1, -0.05) is 12.8 Å². The molecule has 1 aliphatic carbocycles. The molecule has 5 nitrogen and oxygen atoms in total. The summed E-state index contributed by atoms with van der Waals surface area (Å²) in [6.45, 7) is 0. The minimum Gasteiger partial charge on any atom is -0.369 e. The molecule has 15 heavy (non-hydrogen) atoms. The standard InChI is InChI=1S/C10H15N3O2/c1-13-9(14)6-8(12-10(13)15)11-7-4-2-3-5-7/h6-7,11H,2-5H2,1H3,(H,12,15). The molecule has 1 aliphatic rings. The van der Waals surface area contributed by atoms with Crippen LogP contribution in [0.1, 0.15) is 25.7 Å². The van der Waals surface area contributed by atoms with Gasteiger partial charge in [0.15, 0.2) is 0 Å². The normalized spacial score (nSPS) is 16.9. The van der Waals surface area contributed by atoms with Crippen molar-refractivity contribution < 1.29 is 0 Å². The van der Waals surface area contributed by atoms with E-state index in [-0.39, 0.29) is 11.2 Å². The number of nitrogens with one attached hydrogen (secondary N) is 2. The molecule has 0 atom stereocenters.